The van der Waals surface area contributed by atoms with Gasteiger partial charge >= 0.3 is 0 Å². The van der Waals surface area contributed by atoms with Crippen molar-refractivity contribution in [3.8, 4) is 0 Å². The zero-order chi connectivity index (χ0) is 13.8. The monoisotopic (exact) mass is 268 g/mol. The first-order valence-electron chi connectivity index (χ1n) is 6.49. The summed E-state index contributed by atoms with van der Waals surface area (Å²) in [7, 11) is 1.91. The van der Waals surface area contributed by atoms with Crippen LogP contribution in [-0.4, -0.2) is 37.0 Å². The van der Waals surface area contributed by atoms with E-state index in [1.165, 1.54) is 0 Å². The van der Waals surface area contributed by atoms with Crippen LogP contribution in [-0.2, 0) is 11.2 Å². The van der Waals surface area contributed by atoms with Gasteiger partial charge in [-0.25, -0.2) is 8.78 Å². The van der Waals surface area contributed by atoms with E-state index in [2.05, 4.69) is 5.32 Å². The molecule has 0 atom stereocenters. The van der Waals surface area contributed by atoms with Gasteiger partial charge < -0.3 is 10.2 Å². The molecule has 1 fully saturated rings. The van der Waals surface area contributed by atoms with Crippen LogP contribution in [0.15, 0.2) is 18.2 Å². The molecule has 1 aliphatic heterocycles. The maximum Gasteiger partial charge on any atom is 0.227 e. The fourth-order valence-corrected chi connectivity index (χ4v) is 2.37. The van der Waals surface area contributed by atoms with E-state index in [1.807, 2.05) is 7.05 Å². The van der Waals surface area contributed by atoms with Gasteiger partial charge in [0.1, 0.15) is 11.6 Å². The third-order valence-electron chi connectivity index (χ3n) is 3.61. The van der Waals surface area contributed by atoms with Gasteiger partial charge in [-0.2, -0.15) is 0 Å². The Hall–Kier alpha value is -1.49. The molecule has 1 heterocycles. The van der Waals surface area contributed by atoms with E-state index in [0.29, 0.717) is 19.1 Å². The lowest BCUT2D eigenvalue weighted by Gasteiger charge is -2.31. The molecule has 104 valence electrons. The number of nitrogens with zero attached hydrogens (tertiary/aromatic N) is 1. The molecule has 1 saturated heterocycles. The van der Waals surface area contributed by atoms with Crippen molar-refractivity contribution in [2.75, 3.05) is 20.1 Å². The van der Waals surface area contributed by atoms with Crippen LogP contribution in [0.3, 0.4) is 0 Å². The lowest BCUT2D eigenvalue weighted by molar-refractivity contribution is -0.131. The maximum atomic E-state index is 13.5. The van der Waals surface area contributed by atoms with Crippen LogP contribution in [0.5, 0.6) is 0 Å². The lowest BCUT2D eigenvalue weighted by atomic mass is 10.0. The molecule has 1 aromatic rings. The van der Waals surface area contributed by atoms with Crippen molar-refractivity contribution in [1.82, 2.24) is 10.2 Å². The van der Waals surface area contributed by atoms with Crippen molar-refractivity contribution < 1.29 is 13.6 Å². The van der Waals surface area contributed by atoms with Crippen LogP contribution in [0.4, 0.5) is 8.78 Å². The van der Waals surface area contributed by atoms with Gasteiger partial charge in [0.15, 0.2) is 0 Å². The molecule has 1 N–H and O–H groups in total. The van der Waals surface area contributed by atoms with Gasteiger partial charge in [0.25, 0.3) is 0 Å². The van der Waals surface area contributed by atoms with Gasteiger partial charge in [-0.15, -0.1) is 0 Å². The highest BCUT2D eigenvalue weighted by Crippen LogP contribution is 2.15. The summed E-state index contributed by atoms with van der Waals surface area (Å²) in [5, 5.41) is 3.18. The predicted octanol–water partition coefficient (Wildman–Crippen LogP) is 1.72. The number of halogens is 2. The summed E-state index contributed by atoms with van der Waals surface area (Å²) in [6.45, 7) is 1.34. The summed E-state index contributed by atoms with van der Waals surface area (Å²) < 4.78 is 26.5. The molecule has 1 aliphatic rings. The summed E-state index contributed by atoms with van der Waals surface area (Å²) in [5.74, 6) is -1.18. The number of piperidine rings is 1. The van der Waals surface area contributed by atoms with E-state index >= 15 is 0 Å². The molecule has 1 amide bonds. The van der Waals surface area contributed by atoms with Gasteiger partial charge in [0, 0.05) is 24.7 Å². The minimum absolute atomic E-state index is 0.0756. The number of amides is 1. The molecule has 0 bridgehead atoms. The van der Waals surface area contributed by atoms with Crippen LogP contribution in [0.2, 0.25) is 0 Å². The highest BCUT2D eigenvalue weighted by atomic mass is 19.1. The van der Waals surface area contributed by atoms with Gasteiger partial charge in [-0.05, 0) is 38.1 Å². The van der Waals surface area contributed by atoms with Gasteiger partial charge in [0.05, 0.1) is 6.42 Å². The van der Waals surface area contributed by atoms with Crippen LogP contribution in [0.1, 0.15) is 18.4 Å². The quantitative estimate of drug-likeness (QED) is 0.905. The molecule has 5 heteroatoms. The number of hydrogen-bond acceptors (Lipinski definition) is 2. The first-order chi connectivity index (χ1) is 9.10. The highest BCUT2D eigenvalue weighted by molar-refractivity contribution is 5.78. The second kappa shape index (κ2) is 6.10. The minimum Gasteiger partial charge on any atom is -0.342 e. The summed E-state index contributed by atoms with van der Waals surface area (Å²) in [6, 6.07) is 3.65. The van der Waals surface area contributed by atoms with Crippen molar-refractivity contribution in [3.63, 3.8) is 0 Å². The van der Waals surface area contributed by atoms with Crippen LogP contribution in [0.25, 0.3) is 0 Å². The van der Waals surface area contributed by atoms with Crippen molar-refractivity contribution >= 4 is 5.91 Å². The first kappa shape index (κ1) is 13.9. The Morgan fingerprint density at radius 1 is 1.37 bits per heavy atom. The van der Waals surface area contributed by atoms with E-state index in [0.717, 1.165) is 31.0 Å². The normalized spacial score (nSPS) is 16.7. The fourth-order valence-electron chi connectivity index (χ4n) is 2.37. The SMILES string of the molecule is CNC1CCN(C(=O)Cc2cc(F)ccc2F)CC1. The number of carbonyl (C=O) groups is 1. The number of rotatable bonds is 3. The van der Waals surface area contributed by atoms with Crippen molar-refractivity contribution in [2.24, 2.45) is 0 Å². The standard InChI is InChI=1S/C14H18F2N2O/c1-17-12-4-6-18(7-5-12)14(19)9-10-8-11(15)2-3-13(10)16/h2-3,8,12,17H,4-7,9H2,1H3. The highest BCUT2D eigenvalue weighted by Gasteiger charge is 2.22. The Bertz CT molecular complexity index is 457. The summed E-state index contributed by atoms with van der Waals surface area (Å²) in [6.07, 6.45) is 1.72. The molecule has 3 nitrogen and oxygen atoms in total. The summed E-state index contributed by atoms with van der Waals surface area (Å²) in [4.78, 5) is 13.8. The average molecular weight is 268 g/mol. The Morgan fingerprint density at radius 3 is 2.68 bits per heavy atom. The van der Waals surface area contributed by atoms with E-state index in [-0.39, 0.29) is 17.9 Å². The zero-order valence-electron chi connectivity index (χ0n) is 11.0. The second-order valence-corrected chi connectivity index (χ2v) is 4.86. The predicted molar refractivity (Wildman–Crippen MR) is 68.7 cm³/mol. The van der Waals surface area contributed by atoms with Crippen LogP contribution < -0.4 is 5.32 Å². The lowest BCUT2D eigenvalue weighted by Crippen LogP contribution is -2.44. The molecule has 19 heavy (non-hydrogen) atoms. The zero-order valence-corrected chi connectivity index (χ0v) is 11.0. The van der Waals surface area contributed by atoms with Crippen molar-refractivity contribution in [1.29, 1.82) is 0 Å². The van der Waals surface area contributed by atoms with Crippen LogP contribution in [0, 0.1) is 11.6 Å². The van der Waals surface area contributed by atoms with E-state index in [9.17, 15) is 13.6 Å². The number of nitrogens with one attached hydrogen (secondary N) is 1. The molecule has 0 spiro atoms. The van der Waals surface area contributed by atoms with E-state index in [1.54, 1.807) is 4.90 Å². The molecule has 1 aromatic carbocycles. The second-order valence-electron chi connectivity index (χ2n) is 4.86. The van der Waals surface area contributed by atoms with Gasteiger partial charge in [0.2, 0.25) is 5.91 Å². The molecule has 0 aromatic heterocycles. The van der Waals surface area contributed by atoms with Crippen molar-refractivity contribution in [2.45, 2.75) is 25.3 Å². The molecule has 0 aliphatic carbocycles. The topological polar surface area (TPSA) is 32.3 Å². The minimum atomic E-state index is -0.528. The summed E-state index contributed by atoms with van der Waals surface area (Å²) in [5.41, 5.74) is 0.126. The number of hydrogen-bond donors (Lipinski definition) is 1. The van der Waals surface area contributed by atoms with E-state index in [4.69, 9.17) is 0 Å². The Labute approximate surface area is 111 Å². The Kier molecular flexibility index (Phi) is 4.47. The molecular weight excluding hydrogens is 250 g/mol. The van der Waals surface area contributed by atoms with Crippen molar-refractivity contribution in [3.05, 3.63) is 35.4 Å². The summed E-state index contributed by atoms with van der Waals surface area (Å²) >= 11 is 0. The number of carbonyl (C=O) groups excluding carboxylic acids is 1. The fraction of sp³-hybridized carbons (Fsp3) is 0.500. The number of benzene rings is 1. The number of likely N-dealkylation sites (tertiary alicyclic amines) is 1. The Balaban J connectivity index is 1.96. The first-order valence-corrected chi connectivity index (χ1v) is 6.49. The van der Waals surface area contributed by atoms with Gasteiger partial charge in [-0.3, -0.25) is 4.79 Å². The van der Waals surface area contributed by atoms with Gasteiger partial charge in [-0.1, -0.05) is 0 Å². The maximum absolute atomic E-state index is 13.5. The molecule has 2 rings (SSSR count). The third-order valence-corrected chi connectivity index (χ3v) is 3.61. The Morgan fingerprint density at radius 2 is 2.05 bits per heavy atom. The molecule has 0 radical (unpaired) electrons. The van der Waals surface area contributed by atoms with Crippen LogP contribution >= 0.6 is 0 Å². The average Bonchev–Trinajstić information content (AvgIpc) is 2.43. The molecule has 0 unspecified atom stereocenters. The molecule has 0 saturated carbocycles. The van der Waals surface area contributed by atoms with E-state index < -0.39 is 11.6 Å². The third kappa shape index (κ3) is 3.50. The smallest absolute Gasteiger partial charge is 0.227 e. The molecular formula is C14H18F2N2O. The largest absolute Gasteiger partial charge is 0.342 e.